The molecule has 0 spiro atoms. The highest BCUT2D eigenvalue weighted by Crippen LogP contribution is 2.25. The lowest BCUT2D eigenvalue weighted by Crippen LogP contribution is -2.03. The Bertz CT molecular complexity index is 565. The molecule has 0 radical (unpaired) electrons. The third kappa shape index (κ3) is 2.45. The summed E-state index contributed by atoms with van der Waals surface area (Å²) in [5, 5.41) is 9.08. The molecule has 2 aromatic heterocycles. The van der Waals surface area contributed by atoms with Crippen LogP contribution in [-0.4, -0.2) is 16.1 Å². The molecule has 0 aromatic carbocycles. The summed E-state index contributed by atoms with van der Waals surface area (Å²) in [4.78, 5) is 15.3. The lowest BCUT2D eigenvalue weighted by molar-refractivity contribution is 0.0661. The Labute approximate surface area is 104 Å². The van der Waals surface area contributed by atoms with Crippen molar-refractivity contribution in [2.45, 2.75) is 27.2 Å². The molecule has 2 heterocycles. The molecule has 0 aliphatic carbocycles. The summed E-state index contributed by atoms with van der Waals surface area (Å²) in [5.74, 6) is 0.492. The van der Waals surface area contributed by atoms with Crippen LogP contribution in [0.1, 0.15) is 35.9 Å². The van der Waals surface area contributed by atoms with Crippen LogP contribution in [0.5, 0.6) is 0 Å². The zero-order valence-corrected chi connectivity index (χ0v) is 10.6. The largest absolute Gasteiger partial charge is 0.475 e. The lowest BCUT2D eigenvalue weighted by atomic mass is 10.1. The Morgan fingerprint density at radius 2 is 2.11 bits per heavy atom. The van der Waals surface area contributed by atoms with Gasteiger partial charge in [0.25, 0.3) is 5.89 Å². The maximum absolute atomic E-state index is 11.1. The molecule has 5 heteroatoms. The van der Waals surface area contributed by atoms with Crippen LogP contribution in [-0.2, 0) is 6.42 Å². The predicted octanol–water partition coefficient (Wildman–Crippen LogP) is 3.14. The average Bonchev–Trinajstić information content (AvgIpc) is 2.83. The smallest absolute Gasteiger partial charge is 0.373 e. The Morgan fingerprint density at radius 3 is 2.61 bits per heavy atom. The van der Waals surface area contributed by atoms with Gasteiger partial charge in [0.2, 0.25) is 5.76 Å². The number of oxazole rings is 1. The van der Waals surface area contributed by atoms with E-state index >= 15 is 0 Å². The first-order chi connectivity index (χ1) is 8.47. The Kier molecular flexibility index (Phi) is 3.23. The van der Waals surface area contributed by atoms with Gasteiger partial charge >= 0.3 is 5.97 Å². The molecule has 0 amide bonds. The first-order valence-electron chi connectivity index (χ1n) is 5.77. The van der Waals surface area contributed by atoms with Gasteiger partial charge < -0.3 is 13.9 Å². The van der Waals surface area contributed by atoms with Gasteiger partial charge in [-0.25, -0.2) is 9.78 Å². The molecule has 0 saturated heterocycles. The number of carboxylic acids is 1. The van der Waals surface area contributed by atoms with Crippen LogP contribution in [0.2, 0.25) is 0 Å². The van der Waals surface area contributed by atoms with Crippen LogP contribution < -0.4 is 0 Å². The molecular weight excluding hydrogens is 234 g/mol. The fourth-order valence-corrected chi connectivity index (χ4v) is 1.70. The van der Waals surface area contributed by atoms with Crippen LogP contribution in [0.4, 0.5) is 0 Å². The van der Waals surface area contributed by atoms with E-state index in [0.29, 0.717) is 23.8 Å². The number of aromatic nitrogens is 1. The van der Waals surface area contributed by atoms with Crippen molar-refractivity contribution in [3.05, 3.63) is 29.3 Å². The van der Waals surface area contributed by atoms with Crippen molar-refractivity contribution in [2.24, 2.45) is 5.92 Å². The fourth-order valence-electron chi connectivity index (χ4n) is 1.70. The van der Waals surface area contributed by atoms with Gasteiger partial charge in [0, 0.05) is 0 Å². The van der Waals surface area contributed by atoms with E-state index in [-0.39, 0.29) is 11.7 Å². The normalized spacial score (nSPS) is 11.1. The summed E-state index contributed by atoms with van der Waals surface area (Å²) in [7, 11) is 0. The van der Waals surface area contributed by atoms with E-state index in [1.807, 2.05) is 13.8 Å². The molecule has 0 unspecified atom stereocenters. The first-order valence-corrected chi connectivity index (χ1v) is 5.77. The SMILES string of the molecule is Cc1ccc(-c2nc(CC(C)C)c(C(=O)O)o2)o1. The molecule has 2 aromatic rings. The second kappa shape index (κ2) is 4.68. The van der Waals surface area contributed by atoms with E-state index < -0.39 is 5.97 Å². The van der Waals surface area contributed by atoms with E-state index in [1.54, 1.807) is 19.1 Å². The summed E-state index contributed by atoms with van der Waals surface area (Å²) >= 11 is 0. The van der Waals surface area contributed by atoms with Gasteiger partial charge in [0.15, 0.2) is 5.76 Å². The molecule has 0 aliphatic heterocycles. The van der Waals surface area contributed by atoms with Gasteiger partial charge in [-0.1, -0.05) is 13.8 Å². The number of aromatic carboxylic acids is 1. The number of carboxylic acid groups (broad SMARTS) is 1. The van der Waals surface area contributed by atoms with E-state index in [1.165, 1.54) is 0 Å². The third-order valence-electron chi connectivity index (χ3n) is 2.44. The van der Waals surface area contributed by atoms with Crippen LogP contribution in [0.25, 0.3) is 11.7 Å². The molecule has 0 fully saturated rings. The number of rotatable bonds is 4. The van der Waals surface area contributed by atoms with Crippen molar-refractivity contribution in [1.29, 1.82) is 0 Å². The highest BCUT2D eigenvalue weighted by Gasteiger charge is 2.22. The second-order valence-corrected chi connectivity index (χ2v) is 4.61. The van der Waals surface area contributed by atoms with E-state index in [4.69, 9.17) is 13.9 Å². The average molecular weight is 249 g/mol. The van der Waals surface area contributed by atoms with Crippen molar-refractivity contribution < 1.29 is 18.7 Å². The summed E-state index contributed by atoms with van der Waals surface area (Å²) in [6, 6.07) is 3.49. The number of furan rings is 1. The molecule has 96 valence electrons. The molecule has 0 atom stereocenters. The molecule has 0 bridgehead atoms. The summed E-state index contributed by atoms with van der Waals surface area (Å²) in [6.45, 7) is 5.80. The van der Waals surface area contributed by atoms with Crippen LogP contribution in [0.3, 0.4) is 0 Å². The first kappa shape index (κ1) is 12.4. The van der Waals surface area contributed by atoms with Crippen molar-refractivity contribution >= 4 is 5.97 Å². The number of carbonyl (C=O) groups is 1. The molecule has 2 rings (SSSR count). The van der Waals surface area contributed by atoms with Crippen LogP contribution in [0.15, 0.2) is 21.0 Å². The van der Waals surface area contributed by atoms with E-state index in [0.717, 1.165) is 5.76 Å². The van der Waals surface area contributed by atoms with Crippen molar-refractivity contribution in [2.75, 3.05) is 0 Å². The Morgan fingerprint density at radius 1 is 1.39 bits per heavy atom. The summed E-state index contributed by atoms with van der Waals surface area (Å²) in [6.07, 6.45) is 0.560. The zero-order chi connectivity index (χ0) is 13.3. The van der Waals surface area contributed by atoms with Crippen LogP contribution >= 0.6 is 0 Å². The van der Waals surface area contributed by atoms with Gasteiger partial charge in [-0.3, -0.25) is 0 Å². The minimum atomic E-state index is -1.10. The summed E-state index contributed by atoms with van der Waals surface area (Å²) in [5.41, 5.74) is 0.460. The fraction of sp³-hybridized carbons (Fsp3) is 0.385. The molecule has 1 N–H and O–H groups in total. The third-order valence-corrected chi connectivity index (χ3v) is 2.44. The van der Waals surface area contributed by atoms with Crippen molar-refractivity contribution in [1.82, 2.24) is 4.98 Å². The van der Waals surface area contributed by atoms with Gasteiger partial charge in [0.05, 0.1) is 5.69 Å². The Balaban J connectivity index is 2.42. The monoisotopic (exact) mass is 249 g/mol. The highest BCUT2D eigenvalue weighted by atomic mass is 16.4. The topological polar surface area (TPSA) is 76.5 Å². The van der Waals surface area contributed by atoms with Gasteiger partial charge in [-0.15, -0.1) is 0 Å². The number of nitrogens with zero attached hydrogens (tertiary/aromatic N) is 1. The quantitative estimate of drug-likeness (QED) is 0.900. The maximum Gasteiger partial charge on any atom is 0.373 e. The lowest BCUT2D eigenvalue weighted by Gasteiger charge is -1.99. The predicted molar refractivity (Wildman–Crippen MR) is 64.4 cm³/mol. The molecular formula is C13H15NO4. The molecule has 0 aliphatic rings. The van der Waals surface area contributed by atoms with Crippen molar-refractivity contribution in [3.63, 3.8) is 0 Å². The van der Waals surface area contributed by atoms with Crippen molar-refractivity contribution in [3.8, 4) is 11.7 Å². The number of hydrogen-bond donors (Lipinski definition) is 1. The standard InChI is InChI=1S/C13H15NO4/c1-7(2)6-9-11(13(15)16)18-12(14-9)10-5-4-8(3)17-10/h4-5,7H,6H2,1-3H3,(H,15,16). The minimum Gasteiger partial charge on any atom is -0.475 e. The number of aryl methyl sites for hydroxylation is 1. The molecule has 18 heavy (non-hydrogen) atoms. The van der Waals surface area contributed by atoms with Crippen LogP contribution in [0, 0.1) is 12.8 Å². The second-order valence-electron chi connectivity index (χ2n) is 4.61. The van der Waals surface area contributed by atoms with E-state index in [2.05, 4.69) is 4.98 Å². The van der Waals surface area contributed by atoms with Gasteiger partial charge in [0.1, 0.15) is 5.76 Å². The summed E-state index contributed by atoms with van der Waals surface area (Å²) < 4.78 is 10.6. The maximum atomic E-state index is 11.1. The van der Waals surface area contributed by atoms with E-state index in [9.17, 15) is 4.79 Å². The highest BCUT2D eigenvalue weighted by molar-refractivity contribution is 5.86. The zero-order valence-electron chi connectivity index (χ0n) is 10.6. The molecule has 0 saturated carbocycles. The Hall–Kier alpha value is -2.04. The molecule has 5 nitrogen and oxygen atoms in total. The van der Waals surface area contributed by atoms with Gasteiger partial charge in [-0.05, 0) is 31.4 Å². The van der Waals surface area contributed by atoms with Gasteiger partial charge in [-0.2, -0.15) is 0 Å². The minimum absolute atomic E-state index is 0.104. The number of hydrogen-bond acceptors (Lipinski definition) is 4.